The highest BCUT2D eigenvalue weighted by Gasteiger charge is 2.36. The van der Waals surface area contributed by atoms with Gasteiger partial charge in [0.2, 0.25) is 0 Å². The number of methoxy groups -OCH3 is 2. The van der Waals surface area contributed by atoms with Crippen molar-refractivity contribution in [3.05, 3.63) is 46.2 Å². The van der Waals surface area contributed by atoms with Crippen molar-refractivity contribution in [3.63, 3.8) is 0 Å². The summed E-state index contributed by atoms with van der Waals surface area (Å²) in [6.45, 7) is 0.102. The topological polar surface area (TPSA) is 88.5 Å². The van der Waals surface area contributed by atoms with Gasteiger partial charge in [-0.1, -0.05) is 12.1 Å². The number of carbonyl (C=O) groups excluding carboxylic acids is 1. The number of hydrazone groups is 1. The molecule has 2 aliphatic rings. The molecule has 32 heavy (non-hydrogen) atoms. The van der Waals surface area contributed by atoms with Crippen LogP contribution in [0.25, 0.3) is 0 Å². The van der Waals surface area contributed by atoms with Gasteiger partial charge in [0.15, 0.2) is 21.3 Å². The van der Waals surface area contributed by atoms with Gasteiger partial charge in [0, 0.05) is 12.5 Å². The Bertz CT molecular complexity index is 1110. The Labute approximate surface area is 192 Å². The standard InChI is InChI=1S/C22H27N3O5S2/c1-24(16-8-10-32(27,28)14-16)13-22(26)25-18(12-17(23-25)21-5-4-9-31-21)15-6-7-19(29-2)20(11-15)30-3/h4-7,9,11,16,18H,8,10,12-14H2,1-3H3. The van der Waals surface area contributed by atoms with Gasteiger partial charge < -0.3 is 9.47 Å². The first-order valence-corrected chi connectivity index (χ1v) is 13.1. The van der Waals surface area contributed by atoms with Crippen LogP contribution in [0.4, 0.5) is 0 Å². The van der Waals surface area contributed by atoms with Crippen LogP contribution >= 0.6 is 11.3 Å². The highest BCUT2D eigenvalue weighted by atomic mass is 32.2. The molecule has 10 heteroatoms. The van der Waals surface area contributed by atoms with Crippen LogP contribution in [-0.4, -0.2) is 75.3 Å². The zero-order chi connectivity index (χ0) is 22.9. The van der Waals surface area contributed by atoms with Gasteiger partial charge in [-0.3, -0.25) is 9.69 Å². The van der Waals surface area contributed by atoms with Crippen molar-refractivity contribution < 1.29 is 22.7 Å². The molecule has 0 bridgehead atoms. The SMILES string of the molecule is COc1ccc(C2CC(c3cccs3)=NN2C(=O)CN(C)C2CCS(=O)(=O)C2)cc1OC. The molecule has 1 fully saturated rings. The molecular weight excluding hydrogens is 450 g/mol. The number of ether oxygens (including phenoxy) is 2. The minimum absolute atomic E-state index is 0.0968. The number of thiophene rings is 1. The maximum Gasteiger partial charge on any atom is 0.257 e. The first-order valence-electron chi connectivity index (χ1n) is 10.4. The van der Waals surface area contributed by atoms with Crippen molar-refractivity contribution in [1.29, 1.82) is 0 Å². The number of hydrogen-bond donors (Lipinski definition) is 0. The molecule has 1 aromatic heterocycles. The van der Waals surface area contributed by atoms with Crippen LogP contribution in [-0.2, 0) is 14.6 Å². The molecule has 172 valence electrons. The van der Waals surface area contributed by atoms with E-state index in [-0.39, 0.29) is 36.0 Å². The highest BCUT2D eigenvalue weighted by Crippen LogP contribution is 2.38. The van der Waals surface area contributed by atoms with Crippen LogP contribution in [0.5, 0.6) is 11.5 Å². The lowest BCUT2D eigenvalue weighted by Crippen LogP contribution is -2.41. The first kappa shape index (κ1) is 22.8. The Balaban J connectivity index is 1.59. The third-order valence-corrected chi connectivity index (χ3v) is 8.65. The van der Waals surface area contributed by atoms with Crippen LogP contribution in [0, 0.1) is 0 Å². The van der Waals surface area contributed by atoms with E-state index in [2.05, 4.69) is 5.10 Å². The second kappa shape index (κ2) is 9.21. The van der Waals surface area contributed by atoms with E-state index in [1.807, 2.05) is 40.6 Å². The van der Waals surface area contributed by atoms with Crippen molar-refractivity contribution in [2.24, 2.45) is 5.10 Å². The average molecular weight is 478 g/mol. The number of sulfone groups is 1. The molecule has 0 aliphatic carbocycles. The van der Waals surface area contributed by atoms with Gasteiger partial charge in [-0.15, -0.1) is 11.3 Å². The predicted octanol–water partition coefficient (Wildman–Crippen LogP) is 2.56. The minimum Gasteiger partial charge on any atom is -0.493 e. The van der Waals surface area contributed by atoms with E-state index in [0.29, 0.717) is 24.3 Å². The first-order chi connectivity index (χ1) is 15.3. The van der Waals surface area contributed by atoms with E-state index in [4.69, 9.17) is 9.47 Å². The summed E-state index contributed by atoms with van der Waals surface area (Å²) >= 11 is 1.59. The summed E-state index contributed by atoms with van der Waals surface area (Å²) in [5.41, 5.74) is 1.76. The second-order valence-electron chi connectivity index (χ2n) is 8.07. The number of likely N-dealkylation sites (N-methyl/N-ethyl adjacent to an activating group) is 1. The number of carbonyl (C=O) groups is 1. The van der Waals surface area contributed by atoms with Gasteiger partial charge in [0.05, 0.1) is 48.9 Å². The van der Waals surface area contributed by atoms with E-state index in [0.717, 1.165) is 16.2 Å². The van der Waals surface area contributed by atoms with Crippen LogP contribution in [0.3, 0.4) is 0 Å². The molecule has 1 amide bonds. The van der Waals surface area contributed by atoms with Crippen molar-refractivity contribution in [3.8, 4) is 11.5 Å². The molecular formula is C22H27N3O5S2. The molecule has 2 aromatic rings. The Morgan fingerprint density at radius 1 is 1.25 bits per heavy atom. The van der Waals surface area contributed by atoms with Crippen molar-refractivity contribution in [2.45, 2.75) is 24.9 Å². The summed E-state index contributed by atoms with van der Waals surface area (Å²) in [5, 5.41) is 8.21. The Morgan fingerprint density at radius 2 is 2.03 bits per heavy atom. The lowest BCUT2D eigenvalue weighted by Gasteiger charge is -2.27. The fraction of sp³-hybridized carbons (Fsp3) is 0.455. The monoisotopic (exact) mass is 477 g/mol. The third-order valence-electron chi connectivity index (χ3n) is 5.98. The molecule has 2 unspecified atom stereocenters. The summed E-state index contributed by atoms with van der Waals surface area (Å²) in [7, 11) is 1.94. The third kappa shape index (κ3) is 4.67. The maximum absolute atomic E-state index is 13.3. The summed E-state index contributed by atoms with van der Waals surface area (Å²) in [4.78, 5) is 16.2. The van der Waals surface area contributed by atoms with E-state index in [1.165, 1.54) is 5.01 Å². The molecule has 3 heterocycles. The van der Waals surface area contributed by atoms with Crippen molar-refractivity contribution in [2.75, 3.05) is 39.3 Å². The van der Waals surface area contributed by atoms with E-state index < -0.39 is 9.84 Å². The van der Waals surface area contributed by atoms with Crippen LogP contribution in [0.15, 0.2) is 40.8 Å². The number of hydrogen-bond acceptors (Lipinski definition) is 8. The normalized spacial score (nSPS) is 22.2. The smallest absolute Gasteiger partial charge is 0.257 e. The average Bonchev–Trinajstić information content (AvgIpc) is 3.52. The number of nitrogens with zero attached hydrogens (tertiary/aromatic N) is 3. The Kier molecular flexibility index (Phi) is 6.55. The van der Waals surface area contributed by atoms with E-state index in [9.17, 15) is 13.2 Å². The zero-order valence-electron chi connectivity index (χ0n) is 18.4. The van der Waals surface area contributed by atoms with Crippen LogP contribution in [0.1, 0.15) is 29.3 Å². The van der Waals surface area contributed by atoms with Gasteiger partial charge in [0.1, 0.15) is 0 Å². The highest BCUT2D eigenvalue weighted by molar-refractivity contribution is 7.91. The quantitative estimate of drug-likeness (QED) is 0.609. The molecule has 1 saturated heterocycles. The molecule has 2 aliphatic heterocycles. The summed E-state index contributed by atoms with van der Waals surface area (Å²) in [6, 6.07) is 9.17. The Hall–Kier alpha value is -2.43. The summed E-state index contributed by atoms with van der Waals surface area (Å²) in [6.07, 6.45) is 1.14. The molecule has 0 spiro atoms. The van der Waals surface area contributed by atoms with Gasteiger partial charge >= 0.3 is 0 Å². The zero-order valence-corrected chi connectivity index (χ0v) is 20.0. The summed E-state index contributed by atoms with van der Waals surface area (Å²) < 4.78 is 34.5. The lowest BCUT2D eigenvalue weighted by atomic mass is 10.0. The number of benzene rings is 1. The molecule has 4 rings (SSSR count). The molecule has 0 N–H and O–H groups in total. The number of rotatable bonds is 7. The van der Waals surface area contributed by atoms with E-state index >= 15 is 0 Å². The van der Waals surface area contributed by atoms with Gasteiger partial charge in [-0.25, -0.2) is 13.4 Å². The molecule has 1 aromatic carbocycles. The molecule has 0 saturated carbocycles. The van der Waals surface area contributed by atoms with Crippen LogP contribution < -0.4 is 9.47 Å². The lowest BCUT2D eigenvalue weighted by molar-refractivity contribution is -0.134. The number of amides is 1. The van der Waals surface area contributed by atoms with Crippen LogP contribution in [0.2, 0.25) is 0 Å². The van der Waals surface area contributed by atoms with Crippen molar-refractivity contribution in [1.82, 2.24) is 9.91 Å². The van der Waals surface area contributed by atoms with Gasteiger partial charge in [-0.05, 0) is 42.6 Å². The molecule has 0 radical (unpaired) electrons. The van der Waals surface area contributed by atoms with Crippen molar-refractivity contribution >= 4 is 32.8 Å². The summed E-state index contributed by atoms with van der Waals surface area (Å²) in [5.74, 6) is 1.32. The maximum atomic E-state index is 13.3. The molecule has 2 atom stereocenters. The predicted molar refractivity (Wildman–Crippen MR) is 124 cm³/mol. The fourth-order valence-corrected chi connectivity index (χ4v) is 6.72. The fourth-order valence-electron chi connectivity index (χ4n) is 4.19. The molecule has 8 nitrogen and oxygen atoms in total. The van der Waals surface area contributed by atoms with E-state index in [1.54, 1.807) is 32.6 Å². The minimum atomic E-state index is -3.02. The van der Waals surface area contributed by atoms with Gasteiger partial charge in [0.25, 0.3) is 5.91 Å². The second-order valence-corrected chi connectivity index (χ2v) is 11.2. The largest absolute Gasteiger partial charge is 0.493 e. The Morgan fingerprint density at radius 3 is 2.66 bits per heavy atom. The van der Waals surface area contributed by atoms with Gasteiger partial charge in [-0.2, -0.15) is 5.10 Å².